The molecule has 1 atom stereocenters. The van der Waals surface area contributed by atoms with E-state index in [9.17, 15) is 0 Å². The summed E-state index contributed by atoms with van der Waals surface area (Å²) in [7, 11) is 3.45. The van der Waals surface area contributed by atoms with Gasteiger partial charge >= 0.3 is 0 Å². The summed E-state index contributed by atoms with van der Waals surface area (Å²) in [5.41, 5.74) is 1.19. The zero-order valence-electron chi connectivity index (χ0n) is 17.3. The fourth-order valence-electron chi connectivity index (χ4n) is 2.22. The predicted octanol–water partition coefficient (Wildman–Crippen LogP) is 3.62. The Labute approximate surface area is 181 Å². The highest BCUT2D eigenvalue weighted by Gasteiger charge is 2.08. The van der Waals surface area contributed by atoms with Gasteiger partial charge in [-0.05, 0) is 37.0 Å². The first-order valence-electron chi connectivity index (χ1n) is 9.33. The molecule has 0 spiro atoms. The van der Waals surface area contributed by atoms with Crippen molar-refractivity contribution in [2.24, 2.45) is 10.9 Å². The first-order valence-corrected chi connectivity index (χ1v) is 9.33. The molecular weight excluding hydrogens is 457 g/mol. The van der Waals surface area contributed by atoms with Crippen molar-refractivity contribution >= 4 is 29.9 Å². The van der Waals surface area contributed by atoms with E-state index in [2.05, 4.69) is 48.5 Å². The van der Waals surface area contributed by atoms with Gasteiger partial charge in [0.05, 0.1) is 25.9 Å². The third-order valence-electron chi connectivity index (χ3n) is 3.73. The highest BCUT2D eigenvalue weighted by Crippen LogP contribution is 2.18. The van der Waals surface area contributed by atoms with E-state index in [0.717, 1.165) is 31.3 Å². The molecule has 0 bridgehead atoms. The van der Waals surface area contributed by atoms with Crippen LogP contribution in [-0.2, 0) is 9.47 Å². The van der Waals surface area contributed by atoms with E-state index in [0.29, 0.717) is 25.7 Å². The van der Waals surface area contributed by atoms with Gasteiger partial charge in [-0.3, -0.25) is 4.99 Å². The lowest BCUT2D eigenvalue weighted by Gasteiger charge is -2.19. The van der Waals surface area contributed by atoms with Crippen molar-refractivity contribution in [2.45, 2.75) is 33.2 Å². The van der Waals surface area contributed by atoms with Crippen molar-refractivity contribution in [2.75, 3.05) is 47.1 Å². The molecule has 1 aromatic carbocycles. The van der Waals surface area contributed by atoms with E-state index >= 15 is 0 Å². The zero-order chi connectivity index (χ0) is 19.2. The van der Waals surface area contributed by atoms with Crippen LogP contribution in [0.5, 0.6) is 5.75 Å². The summed E-state index contributed by atoms with van der Waals surface area (Å²) >= 11 is 0. The minimum Gasteiger partial charge on any atom is -0.493 e. The number of aliphatic imine (C=N–C) groups is 1. The number of benzene rings is 1. The van der Waals surface area contributed by atoms with Crippen LogP contribution in [0.1, 0.15) is 38.8 Å². The molecule has 2 N–H and O–H groups in total. The lowest BCUT2D eigenvalue weighted by molar-refractivity contribution is 0.0698. The molecule has 0 heterocycles. The number of nitrogens with one attached hydrogen (secondary N) is 2. The maximum absolute atomic E-state index is 5.73. The molecule has 6 nitrogen and oxygen atoms in total. The Morgan fingerprint density at radius 2 is 1.78 bits per heavy atom. The van der Waals surface area contributed by atoms with Crippen molar-refractivity contribution < 1.29 is 14.2 Å². The highest BCUT2D eigenvalue weighted by atomic mass is 127. The second-order valence-electron chi connectivity index (χ2n) is 6.60. The van der Waals surface area contributed by atoms with Gasteiger partial charge < -0.3 is 24.8 Å². The van der Waals surface area contributed by atoms with Gasteiger partial charge in [-0.1, -0.05) is 26.0 Å². The number of guanidine groups is 1. The number of methoxy groups -OCH3 is 1. The second kappa shape index (κ2) is 15.9. The van der Waals surface area contributed by atoms with Crippen LogP contribution in [0.15, 0.2) is 29.3 Å². The lowest BCUT2D eigenvalue weighted by atomic mass is 10.1. The van der Waals surface area contributed by atoms with Crippen LogP contribution in [0.4, 0.5) is 0 Å². The van der Waals surface area contributed by atoms with Gasteiger partial charge in [0.2, 0.25) is 0 Å². The molecule has 1 unspecified atom stereocenters. The molecule has 0 saturated carbocycles. The Morgan fingerprint density at radius 1 is 1.07 bits per heavy atom. The van der Waals surface area contributed by atoms with Crippen molar-refractivity contribution in [3.63, 3.8) is 0 Å². The molecule has 0 fully saturated rings. The Bertz CT molecular complexity index is 510. The molecule has 0 saturated heterocycles. The third kappa shape index (κ3) is 12.1. The molecule has 0 amide bonds. The monoisotopic (exact) mass is 493 g/mol. The Balaban J connectivity index is 0.00000676. The van der Waals surface area contributed by atoms with Gasteiger partial charge in [-0.25, -0.2) is 0 Å². The first-order chi connectivity index (χ1) is 12.6. The van der Waals surface area contributed by atoms with Gasteiger partial charge in [0.25, 0.3) is 0 Å². The summed E-state index contributed by atoms with van der Waals surface area (Å²) in [6.45, 7) is 9.92. The summed E-state index contributed by atoms with van der Waals surface area (Å²) in [5, 5.41) is 6.71. The Hall–Kier alpha value is -1.06. The van der Waals surface area contributed by atoms with E-state index in [1.807, 2.05) is 12.1 Å². The molecule has 0 aliphatic carbocycles. The standard InChI is InChI=1S/C20H35N3O3.HI/c1-16(2)15-26-19-9-7-18(8-10-19)17(3)23-20(21-4)22-11-6-12-25-14-13-24-5;/h7-10,16-17H,6,11-15H2,1-5H3,(H2,21,22,23);1H. The maximum atomic E-state index is 5.73. The van der Waals surface area contributed by atoms with Crippen LogP contribution in [0.3, 0.4) is 0 Å². The number of hydrogen-bond donors (Lipinski definition) is 2. The van der Waals surface area contributed by atoms with Crippen LogP contribution in [0, 0.1) is 5.92 Å². The van der Waals surface area contributed by atoms with Crippen LogP contribution < -0.4 is 15.4 Å². The van der Waals surface area contributed by atoms with Crippen molar-refractivity contribution in [1.82, 2.24) is 10.6 Å². The summed E-state index contributed by atoms with van der Waals surface area (Å²) in [6.07, 6.45) is 0.917. The smallest absolute Gasteiger partial charge is 0.191 e. The molecule has 0 aliphatic rings. The number of hydrogen-bond acceptors (Lipinski definition) is 4. The second-order valence-corrected chi connectivity index (χ2v) is 6.60. The summed E-state index contributed by atoms with van der Waals surface area (Å²) in [6, 6.07) is 8.36. The number of rotatable bonds is 12. The zero-order valence-corrected chi connectivity index (χ0v) is 19.6. The first kappa shape index (κ1) is 25.9. The van der Waals surface area contributed by atoms with Crippen molar-refractivity contribution in [3.8, 4) is 5.75 Å². The van der Waals surface area contributed by atoms with Crippen LogP contribution in [-0.4, -0.2) is 53.1 Å². The van der Waals surface area contributed by atoms with Crippen LogP contribution >= 0.6 is 24.0 Å². The van der Waals surface area contributed by atoms with E-state index < -0.39 is 0 Å². The van der Waals surface area contributed by atoms with Gasteiger partial charge in [0, 0.05) is 27.3 Å². The van der Waals surface area contributed by atoms with E-state index in [4.69, 9.17) is 14.2 Å². The topological polar surface area (TPSA) is 64.1 Å². The Kier molecular flexibility index (Phi) is 15.3. The Morgan fingerprint density at radius 3 is 2.37 bits per heavy atom. The minimum absolute atomic E-state index is 0. The van der Waals surface area contributed by atoms with Crippen molar-refractivity contribution in [1.29, 1.82) is 0 Å². The average molecular weight is 493 g/mol. The fourth-order valence-corrected chi connectivity index (χ4v) is 2.22. The maximum Gasteiger partial charge on any atom is 0.191 e. The van der Waals surface area contributed by atoms with Crippen molar-refractivity contribution in [3.05, 3.63) is 29.8 Å². The number of ether oxygens (including phenoxy) is 3. The van der Waals surface area contributed by atoms with Gasteiger partial charge in [-0.15, -0.1) is 24.0 Å². The largest absolute Gasteiger partial charge is 0.493 e. The molecular formula is C20H36IN3O3. The average Bonchev–Trinajstić information content (AvgIpc) is 2.64. The molecule has 0 aliphatic heterocycles. The molecule has 27 heavy (non-hydrogen) atoms. The van der Waals surface area contributed by atoms with E-state index in [-0.39, 0.29) is 30.0 Å². The molecule has 7 heteroatoms. The minimum atomic E-state index is 0. The van der Waals surface area contributed by atoms with Gasteiger partial charge in [0.1, 0.15) is 5.75 Å². The lowest BCUT2D eigenvalue weighted by Crippen LogP contribution is -2.39. The van der Waals surface area contributed by atoms with E-state index in [1.54, 1.807) is 14.2 Å². The fraction of sp³-hybridized carbons (Fsp3) is 0.650. The van der Waals surface area contributed by atoms with Gasteiger partial charge in [-0.2, -0.15) is 0 Å². The summed E-state index contributed by atoms with van der Waals surface area (Å²) < 4.78 is 16.1. The highest BCUT2D eigenvalue weighted by molar-refractivity contribution is 14.0. The SMILES string of the molecule is CN=C(NCCCOCCOC)NC(C)c1ccc(OCC(C)C)cc1.I. The van der Waals surface area contributed by atoms with Crippen LogP contribution in [0.25, 0.3) is 0 Å². The normalized spacial score (nSPS) is 12.4. The van der Waals surface area contributed by atoms with E-state index in [1.165, 1.54) is 5.56 Å². The molecule has 1 rings (SSSR count). The van der Waals surface area contributed by atoms with Crippen LogP contribution in [0.2, 0.25) is 0 Å². The number of nitrogens with zero attached hydrogens (tertiary/aromatic N) is 1. The summed E-state index contributed by atoms with van der Waals surface area (Å²) in [5.74, 6) is 2.22. The number of halogens is 1. The predicted molar refractivity (Wildman–Crippen MR) is 122 cm³/mol. The molecule has 156 valence electrons. The quantitative estimate of drug-likeness (QED) is 0.202. The summed E-state index contributed by atoms with van der Waals surface area (Å²) in [4.78, 5) is 4.28. The molecule has 1 aromatic rings. The van der Waals surface area contributed by atoms with Gasteiger partial charge in [0.15, 0.2) is 5.96 Å². The third-order valence-corrected chi connectivity index (χ3v) is 3.73. The molecule has 0 aromatic heterocycles. The molecule has 0 radical (unpaired) electrons.